The van der Waals surface area contributed by atoms with Gasteiger partial charge in [0.05, 0.1) is 6.34 Å². The molecule has 4 nitrogen and oxygen atoms in total. The molecule has 2 atom stereocenters. The van der Waals surface area contributed by atoms with Crippen LogP contribution in [0.4, 0.5) is 0 Å². The number of amidine groups is 1. The second kappa shape index (κ2) is 3.46. The summed E-state index contributed by atoms with van der Waals surface area (Å²) in [6.45, 7) is 2.08. The molecule has 0 aromatic rings. The number of piperidine rings is 2. The van der Waals surface area contributed by atoms with Crippen LogP contribution in [0.5, 0.6) is 0 Å². The van der Waals surface area contributed by atoms with Gasteiger partial charge >= 0.3 is 0 Å². The Morgan fingerprint density at radius 3 is 3.08 bits per heavy atom. The number of nitrogens with zero attached hydrogens (tertiary/aromatic N) is 1. The average Bonchev–Trinajstić information content (AvgIpc) is 2.18. The van der Waals surface area contributed by atoms with Gasteiger partial charge in [0.25, 0.3) is 0 Å². The zero-order chi connectivity index (χ0) is 9.26. The molecule has 0 aliphatic carbocycles. The van der Waals surface area contributed by atoms with Crippen LogP contribution in [0.2, 0.25) is 0 Å². The molecular formula is C9H16N4. The summed E-state index contributed by atoms with van der Waals surface area (Å²) >= 11 is 0. The lowest BCUT2D eigenvalue weighted by molar-refractivity contribution is 0.205. The molecule has 72 valence electrons. The van der Waals surface area contributed by atoms with Gasteiger partial charge in [-0.15, -0.1) is 0 Å². The minimum Gasteiger partial charge on any atom is -0.318 e. The molecule has 0 aromatic heterocycles. The third kappa shape index (κ3) is 1.46. The fraction of sp³-hybridized carbons (Fsp3) is 0.778. The normalized spacial score (nSPS) is 34.2. The maximum absolute atomic E-state index is 7.72. The summed E-state index contributed by atoms with van der Waals surface area (Å²) in [4.78, 5) is 1.84. The highest BCUT2D eigenvalue weighted by atomic mass is 15.2. The van der Waals surface area contributed by atoms with E-state index in [4.69, 9.17) is 10.8 Å². The Balaban J connectivity index is 2.13. The fourth-order valence-corrected chi connectivity index (χ4v) is 2.39. The van der Waals surface area contributed by atoms with E-state index in [2.05, 4.69) is 5.32 Å². The maximum Gasteiger partial charge on any atom is 0.101 e. The molecule has 0 amide bonds. The predicted octanol–water partition coefficient (Wildman–Crippen LogP) is 0.645. The van der Waals surface area contributed by atoms with Gasteiger partial charge in [0.1, 0.15) is 5.84 Å². The van der Waals surface area contributed by atoms with E-state index >= 15 is 0 Å². The van der Waals surface area contributed by atoms with Crippen LogP contribution in [-0.4, -0.2) is 36.2 Å². The molecule has 2 fully saturated rings. The quantitative estimate of drug-likeness (QED) is 0.409. The van der Waals surface area contributed by atoms with E-state index in [0.717, 1.165) is 32.4 Å². The first-order valence-corrected chi connectivity index (χ1v) is 4.90. The molecule has 0 saturated carbocycles. The van der Waals surface area contributed by atoms with Gasteiger partial charge in [-0.05, 0) is 31.8 Å². The van der Waals surface area contributed by atoms with Crippen molar-refractivity contribution in [1.82, 2.24) is 10.2 Å². The number of fused-ring (bicyclic) bond motifs is 1. The van der Waals surface area contributed by atoms with Crippen LogP contribution in [0.1, 0.15) is 19.3 Å². The molecule has 4 heteroatoms. The van der Waals surface area contributed by atoms with Gasteiger partial charge in [-0.3, -0.25) is 10.8 Å². The minimum atomic E-state index is 0.417. The van der Waals surface area contributed by atoms with Crippen molar-refractivity contribution in [2.45, 2.75) is 25.3 Å². The molecule has 2 aliphatic rings. The Hall–Kier alpha value is -0.900. The van der Waals surface area contributed by atoms with Crippen LogP contribution in [0.3, 0.4) is 0 Å². The summed E-state index contributed by atoms with van der Waals surface area (Å²) < 4.78 is 0. The first-order valence-electron chi connectivity index (χ1n) is 4.90. The molecule has 0 bridgehead atoms. The maximum atomic E-state index is 7.72. The molecule has 2 saturated heterocycles. The van der Waals surface area contributed by atoms with Crippen LogP contribution in [-0.2, 0) is 0 Å². The first-order chi connectivity index (χ1) is 6.33. The van der Waals surface area contributed by atoms with Crippen molar-refractivity contribution in [1.29, 1.82) is 10.8 Å². The Morgan fingerprint density at radius 2 is 2.31 bits per heavy atom. The number of hydrogen-bond acceptors (Lipinski definition) is 3. The standard InChI is InChI=1S/C9H16N4/c10-6-13-8-3-4-12-5-7(8)1-2-9(13)11/h6-8,10-12H,1-5H2. The number of rotatable bonds is 1. The molecular weight excluding hydrogens is 164 g/mol. The average molecular weight is 180 g/mol. The summed E-state index contributed by atoms with van der Waals surface area (Å²) in [7, 11) is 0. The van der Waals surface area contributed by atoms with Crippen molar-refractivity contribution in [3.8, 4) is 0 Å². The third-order valence-electron chi connectivity index (χ3n) is 3.13. The first kappa shape index (κ1) is 8.69. The van der Waals surface area contributed by atoms with Crippen molar-refractivity contribution in [3.05, 3.63) is 0 Å². The summed E-state index contributed by atoms with van der Waals surface area (Å²) in [5.74, 6) is 1.27. The second-order valence-corrected chi connectivity index (χ2v) is 3.84. The fourth-order valence-electron chi connectivity index (χ4n) is 2.39. The molecule has 0 aromatic carbocycles. The number of hydrogen-bond donors (Lipinski definition) is 3. The van der Waals surface area contributed by atoms with Crippen molar-refractivity contribution < 1.29 is 0 Å². The third-order valence-corrected chi connectivity index (χ3v) is 3.13. The number of nitrogens with one attached hydrogen (secondary N) is 3. The van der Waals surface area contributed by atoms with E-state index in [1.54, 1.807) is 0 Å². The van der Waals surface area contributed by atoms with Crippen LogP contribution in [0.25, 0.3) is 0 Å². The minimum absolute atomic E-state index is 0.417. The van der Waals surface area contributed by atoms with E-state index in [-0.39, 0.29) is 0 Å². The monoisotopic (exact) mass is 180 g/mol. The lowest BCUT2D eigenvalue weighted by Gasteiger charge is -2.43. The summed E-state index contributed by atoms with van der Waals surface area (Å²) in [5, 5.41) is 18.4. The van der Waals surface area contributed by atoms with E-state index in [9.17, 15) is 0 Å². The van der Waals surface area contributed by atoms with Crippen molar-refractivity contribution in [2.24, 2.45) is 5.92 Å². The van der Waals surface area contributed by atoms with E-state index in [1.807, 2.05) is 4.90 Å². The van der Waals surface area contributed by atoms with Gasteiger partial charge in [0.15, 0.2) is 0 Å². The van der Waals surface area contributed by atoms with E-state index in [0.29, 0.717) is 17.8 Å². The zero-order valence-corrected chi connectivity index (χ0v) is 7.71. The second-order valence-electron chi connectivity index (χ2n) is 3.84. The van der Waals surface area contributed by atoms with Crippen LogP contribution < -0.4 is 5.32 Å². The van der Waals surface area contributed by atoms with Gasteiger partial charge in [-0.2, -0.15) is 0 Å². The predicted molar refractivity (Wildman–Crippen MR) is 52.3 cm³/mol. The molecule has 0 spiro atoms. The Labute approximate surface area is 78.3 Å². The van der Waals surface area contributed by atoms with Gasteiger partial charge in [0, 0.05) is 12.5 Å². The lowest BCUT2D eigenvalue weighted by atomic mass is 9.84. The summed E-state index contributed by atoms with van der Waals surface area (Å²) in [6, 6.07) is 0.417. The molecule has 0 radical (unpaired) electrons. The zero-order valence-electron chi connectivity index (χ0n) is 7.71. The van der Waals surface area contributed by atoms with Gasteiger partial charge in [-0.25, -0.2) is 0 Å². The molecule has 2 aliphatic heterocycles. The Morgan fingerprint density at radius 1 is 1.46 bits per heavy atom. The van der Waals surface area contributed by atoms with Crippen LogP contribution >= 0.6 is 0 Å². The Kier molecular flexibility index (Phi) is 2.31. The molecule has 3 N–H and O–H groups in total. The van der Waals surface area contributed by atoms with E-state index < -0.39 is 0 Å². The lowest BCUT2D eigenvalue weighted by Crippen LogP contribution is -2.54. The Bertz CT molecular complexity index is 226. The van der Waals surface area contributed by atoms with Gasteiger partial charge in [-0.1, -0.05) is 0 Å². The molecule has 2 heterocycles. The topological polar surface area (TPSA) is 63.0 Å². The van der Waals surface area contributed by atoms with Crippen LogP contribution in [0, 0.1) is 16.7 Å². The van der Waals surface area contributed by atoms with Crippen molar-refractivity contribution in [3.63, 3.8) is 0 Å². The highest BCUT2D eigenvalue weighted by molar-refractivity contribution is 5.90. The molecule has 2 rings (SSSR count). The van der Waals surface area contributed by atoms with Crippen molar-refractivity contribution >= 4 is 12.2 Å². The smallest absolute Gasteiger partial charge is 0.101 e. The van der Waals surface area contributed by atoms with Gasteiger partial charge < -0.3 is 10.2 Å². The van der Waals surface area contributed by atoms with Gasteiger partial charge in [0.2, 0.25) is 0 Å². The van der Waals surface area contributed by atoms with E-state index in [1.165, 1.54) is 6.34 Å². The highest BCUT2D eigenvalue weighted by Crippen LogP contribution is 2.27. The molecule has 2 unspecified atom stereocenters. The number of likely N-dealkylation sites (tertiary alicyclic amines) is 1. The largest absolute Gasteiger partial charge is 0.318 e. The van der Waals surface area contributed by atoms with Crippen LogP contribution in [0.15, 0.2) is 0 Å². The molecule has 13 heavy (non-hydrogen) atoms. The summed E-state index contributed by atoms with van der Waals surface area (Å²) in [6.07, 6.45) is 4.34. The SMILES string of the molecule is N=CN1C(=N)CCC2CNCCC21. The summed E-state index contributed by atoms with van der Waals surface area (Å²) in [5.41, 5.74) is 0. The van der Waals surface area contributed by atoms with Crippen molar-refractivity contribution in [2.75, 3.05) is 13.1 Å². The highest BCUT2D eigenvalue weighted by Gasteiger charge is 2.34.